The average Bonchev–Trinajstić information content (AvgIpc) is 2.97. The standard InChI is InChI=1S/C6H9N7O4S3/c1-12(2)20(16,17)13-3-7-6(10-13)19(14,15)11-5-9-8-4-18-5/h3-4H,1-2H3,(H,9,11). The zero-order valence-corrected chi connectivity index (χ0v) is 12.6. The minimum Gasteiger partial charge on any atom is -0.250 e. The highest BCUT2D eigenvalue weighted by molar-refractivity contribution is 7.92. The lowest BCUT2D eigenvalue weighted by Gasteiger charge is -2.09. The molecule has 0 spiro atoms. The van der Waals surface area contributed by atoms with Crippen molar-refractivity contribution in [1.82, 2.24) is 28.7 Å². The van der Waals surface area contributed by atoms with Gasteiger partial charge in [-0.25, -0.2) is 4.98 Å². The van der Waals surface area contributed by atoms with E-state index in [-0.39, 0.29) is 5.13 Å². The second-order valence-corrected chi connectivity index (χ2v) is 7.95. The number of hydrogen-bond donors (Lipinski definition) is 1. The van der Waals surface area contributed by atoms with Gasteiger partial charge in [0.15, 0.2) is 0 Å². The molecule has 0 bridgehead atoms. The zero-order valence-electron chi connectivity index (χ0n) is 10.2. The molecule has 11 nitrogen and oxygen atoms in total. The molecule has 1 N–H and O–H groups in total. The normalized spacial score (nSPS) is 12.8. The Hall–Kier alpha value is -1.64. The number of nitrogens with zero attached hydrogens (tertiary/aromatic N) is 6. The molecule has 0 amide bonds. The van der Waals surface area contributed by atoms with Gasteiger partial charge in [0.25, 0.3) is 5.16 Å². The van der Waals surface area contributed by atoms with E-state index in [0.717, 1.165) is 22.0 Å². The van der Waals surface area contributed by atoms with Crippen LogP contribution in [0.15, 0.2) is 17.0 Å². The molecule has 2 heterocycles. The van der Waals surface area contributed by atoms with Crippen molar-refractivity contribution in [3.8, 4) is 0 Å². The van der Waals surface area contributed by atoms with Crippen molar-refractivity contribution in [1.29, 1.82) is 0 Å². The molecule has 0 atom stereocenters. The van der Waals surface area contributed by atoms with Crippen molar-refractivity contribution < 1.29 is 16.8 Å². The van der Waals surface area contributed by atoms with Crippen LogP contribution in [0.2, 0.25) is 0 Å². The Bertz CT molecular complexity index is 791. The van der Waals surface area contributed by atoms with Crippen LogP contribution in [0.5, 0.6) is 0 Å². The van der Waals surface area contributed by atoms with Crippen molar-refractivity contribution in [2.75, 3.05) is 18.8 Å². The summed E-state index contributed by atoms with van der Waals surface area (Å²) < 4.78 is 50.7. The summed E-state index contributed by atoms with van der Waals surface area (Å²) in [5.74, 6) is 0. The van der Waals surface area contributed by atoms with Crippen LogP contribution in [-0.2, 0) is 20.2 Å². The highest BCUT2D eigenvalue weighted by Gasteiger charge is 2.25. The van der Waals surface area contributed by atoms with E-state index in [2.05, 4.69) is 25.0 Å². The maximum Gasteiger partial charge on any atom is 0.323 e. The summed E-state index contributed by atoms with van der Waals surface area (Å²) in [6.07, 6.45) is 0.796. The van der Waals surface area contributed by atoms with E-state index in [1.54, 1.807) is 0 Å². The highest BCUT2D eigenvalue weighted by Crippen LogP contribution is 2.14. The summed E-state index contributed by atoms with van der Waals surface area (Å²) >= 11 is 0.960. The first-order chi connectivity index (χ1) is 9.23. The zero-order chi connectivity index (χ0) is 15.0. The molecule has 0 aromatic carbocycles. The Balaban J connectivity index is 2.34. The molecule has 0 saturated heterocycles. The second kappa shape index (κ2) is 5.04. The average molecular weight is 339 g/mol. The maximum atomic E-state index is 11.9. The minimum absolute atomic E-state index is 0.0248. The molecule has 0 saturated carbocycles. The van der Waals surface area contributed by atoms with Gasteiger partial charge < -0.3 is 0 Å². The van der Waals surface area contributed by atoms with Gasteiger partial charge in [-0.1, -0.05) is 11.3 Å². The van der Waals surface area contributed by atoms with Gasteiger partial charge in [-0.05, 0) is 0 Å². The fourth-order valence-corrected chi connectivity index (χ4v) is 3.30. The monoisotopic (exact) mass is 339 g/mol. The number of nitrogens with one attached hydrogen (secondary N) is 1. The Morgan fingerprint density at radius 1 is 1.30 bits per heavy atom. The Labute approximate surface area is 118 Å². The molecule has 0 aliphatic rings. The summed E-state index contributed by atoms with van der Waals surface area (Å²) in [7, 11) is -5.47. The second-order valence-electron chi connectivity index (χ2n) is 3.54. The van der Waals surface area contributed by atoms with Gasteiger partial charge in [0.1, 0.15) is 11.8 Å². The lowest BCUT2D eigenvalue weighted by atomic mass is 11.3. The lowest BCUT2D eigenvalue weighted by molar-refractivity contribution is 0.502. The Kier molecular flexibility index (Phi) is 3.72. The highest BCUT2D eigenvalue weighted by atomic mass is 32.2. The quantitative estimate of drug-likeness (QED) is 0.700. The Morgan fingerprint density at radius 2 is 2.00 bits per heavy atom. The fraction of sp³-hybridized carbons (Fsp3) is 0.333. The summed E-state index contributed by atoms with van der Waals surface area (Å²) in [6, 6.07) is 0. The van der Waals surface area contributed by atoms with E-state index in [1.165, 1.54) is 19.6 Å². The molecule has 0 fully saturated rings. The van der Waals surface area contributed by atoms with Gasteiger partial charge in [-0.3, -0.25) is 4.72 Å². The van der Waals surface area contributed by atoms with Gasteiger partial charge in [-0.2, -0.15) is 21.1 Å². The molecule has 2 rings (SSSR count). The third-order valence-corrected chi connectivity index (χ3v) is 5.41. The molecular weight excluding hydrogens is 330 g/mol. The summed E-state index contributed by atoms with van der Waals surface area (Å²) in [6.45, 7) is 0. The molecule has 2 aromatic rings. The van der Waals surface area contributed by atoms with Crippen LogP contribution in [0.1, 0.15) is 0 Å². The van der Waals surface area contributed by atoms with Crippen LogP contribution in [0.3, 0.4) is 0 Å². The third kappa shape index (κ3) is 2.77. The van der Waals surface area contributed by atoms with Crippen LogP contribution in [0, 0.1) is 0 Å². The molecule has 0 aliphatic heterocycles. The fourth-order valence-electron chi connectivity index (χ4n) is 1.01. The molecule has 110 valence electrons. The maximum absolute atomic E-state index is 11.9. The topological polar surface area (TPSA) is 140 Å². The van der Waals surface area contributed by atoms with Crippen molar-refractivity contribution in [3.63, 3.8) is 0 Å². The number of rotatable bonds is 5. The molecule has 0 radical (unpaired) electrons. The largest absolute Gasteiger partial charge is 0.323 e. The molecular formula is C6H9N7O4S3. The van der Waals surface area contributed by atoms with E-state index in [0.29, 0.717) is 4.09 Å². The lowest BCUT2D eigenvalue weighted by Crippen LogP contribution is -2.29. The van der Waals surface area contributed by atoms with Gasteiger partial charge in [0.2, 0.25) is 5.13 Å². The number of sulfonamides is 1. The summed E-state index contributed by atoms with van der Waals surface area (Å²) in [4.78, 5) is 3.47. The van der Waals surface area contributed by atoms with Crippen LogP contribution in [0.25, 0.3) is 0 Å². The van der Waals surface area contributed by atoms with Gasteiger partial charge in [0.05, 0.1) is 0 Å². The SMILES string of the molecule is CN(C)S(=O)(=O)n1cnc(S(=O)(=O)Nc2nncs2)n1. The molecule has 2 aromatic heterocycles. The van der Waals surface area contributed by atoms with Crippen LogP contribution >= 0.6 is 11.3 Å². The first-order valence-corrected chi connectivity index (χ1v) is 8.63. The van der Waals surface area contributed by atoms with Crippen LogP contribution in [-0.4, -0.2) is 59.6 Å². The predicted molar refractivity (Wildman–Crippen MR) is 68.7 cm³/mol. The smallest absolute Gasteiger partial charge is 0.250 e. The molecule has 0 unspecified atom stereocenters. The number of anilines is 1. The van der Waals surface area contributed by atoms with Crippen molar-refractivity contribution in [3.05, 3.63) is 11.8 Å². The van der Waals surface area contributed by atoms with E-state index in [1.807, 2.05) is 0 Å². The van der Waals surface area contributed by atoms with Gasteiger partial charge in [0, 0.05) is 14.1 Å². The van der Waals surface area contributed by atoms with E-state index < -0.39 is 25.4 Å². The van der Waals surface area contributed by atoms with Crippen LogP contribution in [0.4, 0.5) is 5.13 Å². The minimum atomic E-state index is -4.12. The molecule has 0 aliphatic carbocycles. The van der Waals surface area contributed by atoms with Gasteiger partial charge >= 0.3 is 20.2 Å². The Morgan fingerprint density at radius 3 is 2.55 bits per heavy atom. The first-order valence-electron chi connectivity index (χ1n) is 4.87. The molecule has 14 heteroatoms. The third-order valence-electron chi connectivity index (χ3n) is 1.97. The van der Waals surface area contributed by atoms with E-state index >= 15 is 0 Å². The molecule has 20 heavy (non-hydrogen) atoms. The van der Waals surface area contributed by atoms with Gasteiger partial charge in [-0.15, -0.1) is 19.4 Å². The van der Waals surface area contributed by atoms with E-state index in [9.17, 15) is 16.8 Å². The van der Waals surface area contributed by atoms with Crippen molar-refractivity contribution in [2.45, 2.75) is 5.16 Å². The first kappa shape index (κ1) is 14.8. The summed E-state index contributed by atoms with van der Waals surface area (Å²) in [5.41, 5.74) is 1.33. The number of hydrogen-bond acceptors (Lipinski definition) is 9. The van der Waals surface area contributed by atoms with Crippen molar-refractivity contribution >= 4 is 36.7 Å². The number of aromatic nitrogens is 5. The summed E-state index contributed by atoms with van der Waals surface area (Å²) in [5, 5.41) is 9.74. The van der Waals surface area contributed by atoms with E-state index in [4.69, 9.17) is 0 Å². The van der Waals surface area contributed by atoms with Crippen LogP contribution < -0.4 is 4.72 Å². The predicted octanol–water partition coefficient (Wildman–Crippen LogP) is -1.42. The van der Waals surface area contributed by atoms with Crippen molar-refractivity contribution in [2.24, 2.45) is 0 Å².